The van der Waals surface area contributed by atoms with E-state index in [2.05, 4.69) is 20.6 Å². The molecule has 1 atom stereocenters. The van der Waals surface area contributed by atoms with Crippen LogP contribution in [0.25, 0.3) is 33.6 Å². The molecular weight excluding hydrogens is 556 g/mol. The Morgan fingerprint density at radius 2 is 1.83 bits per heavy atom. The van der Waals surface area contributed by atoms with Crippen LogP contribution in [0, 0.1) is 5.82 Å². The van der Waals surface area contributed by atoms with Crippen molar-refractivity contribution in [3.8, 4) is 28.3 Å². The van der Waals surface area contributed by atoms with Gasteiger partial charge >= 0.3 is 6.18 Å². The van der Waals surface area contributed by atoms with Gasteiger partial charge in [-0.3, -0.25) is 9.59 Å². The zero-order valence-corrected chi connectivity index (χ0v) is 22.9. The van der Waals surface area contributed by atoms with E-state index in [1.54, 1.807) is 0 Å². The predicted molar refractivity (Wildman–Crippen MR) is 147 cm³/mol. The molecule has 8 nitrogen and oxygen atoms in total. The number of nitrogens with one attached hydrogen (secondary N) is 2. The van der Waals surface area contributed by atoms with Gasteiger partial charge in [0.2, 0.25) is 11.6 Å². The van der Waals surface area contributed by atoms with Gasteiger partial charge in [0.15, 0.2) is 0 Å². The van der Waals surface area contributed by atoms with Gasteiger partial charge in [-0.15, -0.1) is 0 Å². The summed E-state index contributed by atoms with van der Waals surface area (Å²) < 4.78 is 64.7. The summed E-state index contributed by atoms with van der Waals surface area (Å²) in [6.45, 7) is 1.85. The summed E-state index contributed by atoms with van der Waals surface area (Å²) in [5.74, 6) is -1.42. The van der Waals surface area contributed by atoms with Gasteiger partial charge in [0, 0.05) is 36.4 Å². The Bertz CT molecular complexity index is 1710. The number of hydrogen-bond acceptors (Lipinski definition) is 6. The van der Waals surface area contributed by atoms with Crippen molar-refractivity contribution in [2.75, 3.05) is 14.2 Å². The first-order chi connectivity index (χ1) is 19.9. The number of nitrogens with zero attached hydrogens (tertiary/aromatic N) is 2. The number of ether oxygens (including phenoxy) is 1. The van der Waals surface area contributed by atoms with E-state index < -0.39 is 42.2 Å². The monoisotopic (exact) mass is 582 g/mol. The van der Waals surface area contributed by atoms with E-state index in [0.29, 0.717) is 12.0 Å². The smallest absolute Gasteiger partial charge is 0.389 e. The van der Waals surface area contributed by atoms with Crippen LogP contribution >= 0.6 is 0 Å². The largest absolute Gasteiger partial charge is 0.480 e. The van der Waals surface area contributed by atoms with Gasteiger partial charge in [0.05, 0.1) is 29.3 Å². The third-order valence-corrected chi connectivity index (χ3v) is 6.99. The molecule has 42 heavy (non-hydrogen) atoms. The first kappa shape index (κ1) is 28.8. The van der Waals surface area contributed by atoms with Crippen LogP contribution in [0.4, 0.5) is 17.6 Å². The summed E-state index contributed by atoms with van der Waals surface area (Å²) in [6, 6.07) is 8.18. The maximum atomic E-state index is 13.6. The fourth-order valence-electron chi connectivity index (χ4n) is 4.73. The molecular formula is C30H26F4N4O4. The van der Waals surface area contributed by atoms with Crippen molar-refractivity contribution in [2.24, 2.45) is 0 Å². The van der Waals surface area contributed by atoms with Crippen molar-refractivity contribution < 1.29 is 36.3 Å². The second-order valence-electron chi connectivity index (χ2n) is 10.1. The first-order valence-electron chi connectivity index (χ1n) is 13.0. The maximum absolute atomic E-state index is 13.6. The second kappa shape index (κ2) is 10.9. The minimum absolute atomic E-state index is 0.0231. The molecule has 0 saturated carbocycles. The highest BCUT2D eigenvalue weighted by molar-refractivity contribution is 6.11. The van der Waals surface area contributed by atoms with Gasteiger partial charge in [-0.05, 0) is 56.2 Å². The van der Waals surface area contributed by atoms with Crippen molar-refractivity contribution in [3.63, 3.8) is 0 Å². The van der Waals surface area contributed by atoms with Crippen LogP contribution in [0.1, 0.15) is 46.2 Å². The van der Waals surface area contributed by atoms with Gasteiger partial charge in [0.1, 0.15) is 17.1 Å². The third-order valence-electron chi connectivity index (χ3n) is 6.99. The molecule has 1 unspecified atom stereocenters. The van der Waals surface area contributed by atoms with E-state index >= 15 is 0 Å². The first-order valence-corrected chi connectivity index (χ1v) is 13.0. The number of aromatic nitrogens is 2. The van der Waals surface area contributed by atoms with Gasteiger partial charge < -0.3 is 19.8 Å². The zero-order chi connectivity index (χ0) is 30.2. The number of rotatable bonds is 8. The Labute approximate surface area is 237 Å². The number of benzene rings is 1. The van der Waals surface area contributed by atoms with Gasteiger partial charge in [-0.25, -0.2) is 14.4 Å². The van der Waals surface area contributed by atoms with E-state index in [1.165, 1.54) is 56.8 Å². The lowest BCUT2D eigenvalue weighted by Crippen LogP contribution is -2.47. The summed E-state index contributed by atoms with van der Waals surface area (Å²) in [7, 11) is 2.77. The van der Waals surface area contributed by atoms with E-state index in [0.717, 1.165) is 0 Å². The lowest BCUT2D eigenvalue weighted by Gasteiger charge is -2.32. The number of pyridine rings is 2. The van der Waals surface area contributed by atoms with Gasteiger partial charge in [0.25, 0.3) is 11.8 Å². The number of furan rings is 1. The number of hydrogen-bond donors (Lipinski definition) is 2. The van der Waals surface area contributed by atoms with Crippen LogP contribution in [0.3, 0.4) is 0 Å². The molecule has 3 heterocycles. The lowest BCUT2D eigenvalue weighted by atomic mass is 9.87. The molecule has 2 N–H and O–H groups in total. The van der Waals surface area contributed by atoms with Crippen molar-refractivity contribution >= 4 is 22.9 Å². The Hall–Kier alpha value is -4.74. The molecule has 3 aromatic heterocycles. The van der Waals surface area contributed by atoms with Gasteiger partial charge in [-0.1, -0.05) is 12.2 Å². The highest BCUT2D eigenvalue weighted by Crippen LogP contribution is 2.38. The van der Waals surface area contributed by atoms with Crippen LogP contribution in [0.15, 0.2) is 59.2 Å². The van der Waals surface area contributed by atoms with Crippen LogP contribution in [-0.4, -0.2) is 47.7 Å². The zero-order valence-electron chi connectivity index (χ0n) is 22.9. The molecule has 0 saturated heterocycles. The number of fused-ring (bicyclic) bond motifs is 1. The number of halogens is 4. The Morgan fingerprint density at radius 1 is 1.12 bits per heavy atom. The maximum Gasteiger partial charge on any atom is 0.389 e. The SMILES string of the molecule is CNC(=O)c1c(-c2ccc(F)cc2)oc2nc(CCC(F)(F)F)c(-c3cnc(OC)c(C(=O)NC4(C)C=CC4)c3)cc12. The van der Waals surface area contributed by atoms with Gasteiger partial charge in [-0.2, -0.15) is 13.2 Å². The van der Waals surface area contributed by atoms with E-state index in [-0.39, 0.29) is 50.7 Å². The average molecular weight is 583 g/mol. The Kier molecular flexibility index (Phi) is 7.48. The molecule has 2 amide bonds. The fraction of sp³-hybridized carbons (Fsp3) is 0.267. The standard InChI is InChI=1S/C30H26F4N4O4/c1-29(10-4-11-29)38-25(39)21-13-17(15-36-27(21)41-3)19-14-20-23(26(40)35-2)24(16-5-7-18(31)8-6-16)42-28(20)37-22(19)9-12-30(32,33)34/h4-8,10,13-15H,9,11-12H2,1-3H3,(H,35,40)(H,38,39). The molecule has 0 bridgehead atoms. The predicted octanol–water partition coefficient (Wildman–Crippen LogP) is 6.01. The highest BCUT2D eigenvalue weighted by atomic mass is 19.4. The molecule has 4 aromatic rings. The van der Waals surface area contributed by atoms with E-state index in [4.69, 9.17) is 9.15 Å². The number of aryl methyl sites for hydroxylation is 1. The summed E-state index contributed by atoms with van der Waals surface area (Å²) in [6.07, 6.45) is -0.398. The van der Waals surface area contributed by atoms with Crippen molar-refractivity contribution in [1.82, 2.24) is 20.6 Å². The minimum atomic E-state index is -4.47. The van der Waals surface area contributed by atoms with Crippen LogP contribution < -0.4 is 15.4 Å². The number of carbonyl (C=O) groups excluding carboxylic acids is 2. The van der Waals surface area contributed by atoms with Crippen molar-refractivity contribution in [1.29, 1.82) is 0 Å². The molecule has 1 aliphatic rings. The minimum Gasteiger partial charge on any atom is -0.480 e. The Balaban J connectivity index is 1.70. The lowest BCUT2D eigenvalue weighted by molar-refractivity contribution is -0.134. The number of methoxy groups -OCH3 is 1. The average Bonchev–Trinajstić information content (AvgIpc) is 3.32. The summed E-state index contributed by atoms with van der Waals surface area (Å²) in [4.78, 5) is 34.9. The normalized spacial score (nSPS) is 16.3. The Morgan fingerprint density at radius 3 is 2.43 bits per heavy atom. The fourth-order valence-corrected chi connectivity index (χ4v) is 4.73. The summed E-state index contributed by atoms with van der Waals surface area (Å²) >= 11 is 0. The van der Waals surface area contributed by atoms with Crippen LogP contribution in [0.2, 0.25) is 0 Å². The molecule has 0 spiro atoms. The van der Waals surface area contributed by atoms with Crippen molar-refractivity contribution in [2.45, 2.75) is 37.9 Å². The van der Waals surface area contributed by atoms with Crippen LogP contribution in [-0.2, 0) is 6.42 Å². The highest BCUT2D eigenvalue weighted by Gasteiger charge is 2.31. The molecule has 1 aromatic carbocycles. The molecule has 1 aliphatic carbocycles. The third kappa shape index (κ3) is 5.69. The number of alkyl halides is 3. The second-order valence-corrected chi connectivity index (χ2v) is 10.1. The molecule has 0 fully saturated rings. The summed E-state index contributed by atoms with van der Waals surface area (Å²) in [5, 5.41) is 5.66. The van der Waals surface area contributed by atoms with Crippen LogP contribution in [0.5, 0.6) is 5.88 Å². The quantitative estimate of drug-likeness (QED) is 0.195. The van der Waals surface area contributed by atoms with E-state index in [1.807, 2.05) is 19.1 Å². The molecule has 0 radical (unpaired) electrons. The molecule has 12 heteroatoms. The number of carbonyl (C=O) groups is 2. The molecule has 218 valence electrons. The molecule has 5 rings (SSSR count). The molecule has 0 aliphatic heterocycles. The van der Waals surface area contributed by atoms with Crippen molar-refractivity contribution in [3.05, 3.63) is 77.4 Å². The summed E-state index contributed by atoms with van der Waals surface area (Å²) in [5.41, 5.74) is 0.426. The number of amides is 2. The topological polar surface area (TPSA) is 106 Å². The van der Waals surface area contributed by atoms with E-state index in [9.17, 15) is 27.2 Å².